The van der Waals surface area contributed by atoms with Crippen LogP contribution in [0.3, 0.4) is 0 Å². The van der Waals surface area contributed by atoms with Crippen molar-refractivity contribution in [1.82, 2.24) is 0 Å². The molecule has 0 aliphatic carbocycles. The summed E-state index contributed by atoms with van der Waals surface area (Å²) in [6.45, 7) is 8.02. The van der Waals surface area contributed by atoms with Crippen molar-refractivity contribution in [2.75, 3.05) is 30.1 Å². The van der Waals surface area contributed by atoms with Gasteiger partial charge in [0.05, 0.1) is 33.5 Å². The largest absolute Gasteiger partial charge is 0.497 e. The lowest BCUT2D eigenvalue weighted by molar-refractivity contribution is -0.146. The van der Waals surface area contributed by atoms with Crippen LogP contribution in [0.15, 0.2) is 72.8 Å². The maximum absolute atomic E-state index is 14.6. The fraction of sp³-hybridized carbons (Fsp3) is 0.412. The molecule has 8 heteroatoms. The number of hydrogen-bond acceptors (Lipinski definition) is 5. The van der Waals surface area contributed by atoms with Gasteiger partial charge >= 0.3 is 0 Å². The first-order valence-corrected chi connectivity index (χ1v) is 18.0. The molecule has 1 N–H and O–H groups in total. The summed E-state index contributed by atoms with van der Waals surface area (Å²) in [6.07, 6.45) is 1.71. The molecule has 0 unspecified atom stereocenters. The lowest BCUT2D eigenvalue weighted by atomic mass is 9.82. The van der Waals surface area contributed by atoms with E-state index >= 15 is 0 Å². The minimum absolute atomic E-state index is 0.00246. The van der Waals surface area contributed by atoms with Crippen molar-refractivity contribution in [3.63, 3.8) is 0 Å². The second-order valence-electron chi connectivity index (χ2n) is 12.4. The van der Waals surface area contributed by atoms with Crippen LogP contribution in [0, 0.1) is 5.92 Å². The van der Waals surface area contributed by atoms with Gasteiger partial charge in [0.25, 0.3) is 5.91 Å². The van der Waals surface area contributed by atoms with Gasteiger partial charge in [-0.25, -0.2) is 0 Å². The van der Waals surface area contributed by atoms with Crippen LogP contribution in [0.25, 0.3) is 0 Å². The van der Waals surface area contributed by atoms with E-state index in [9.17, 15) is 14.7 Å². The van der Waals surface area contributed by atoms with E-state index in [1.54, 1.807) is 7.11 Å². The SMILES string of the molecule is COc1ccc([Si](C)(C)[C@H]2[C@H](CCO)O[C@@]3(C(=O)N(Cc4ccc(N5CCCC5=O)cc4)c4ccccc43)[C@@H]2C)cc1. The average Bonchev–Trinajstić information content (AvgIpc) is 3.63. The maximum Gasteiger partial charge on any atom is 0.264 e. The van der Waals surface area contributed by atoms with E-state index in [-0.39, 0.29) is 36.0 Å². The molecule has 42 heavy (non-hydrogen) atoms. The van der Waals surface area contributed by atoms with Gasteiger partial charge in [0.1, 0.15) is 5.75 Å². The topological polar surface area (TPSA) is 79.3 Å². The minimum atomic E-state index is -2.21. The van der Waals surface area contributed by atoms with Crippen LogP contribution in [-0.4, -0.2) is 51.4 Å². The number of hydrogen-bond donors (Lipinski definition) is 1. The Bertz CT molecular complexity index is 1470. The number of para-hydroxylation sites is 1. The summed E-state index contributed by atoms with van der Waals surface area (Å²) in [7, 11) is -0.536. The van der Waals surface area contributed by atoms with Crippen molar-refractivity contribution in [3.05, 3.63) is 83.9 Å². The zero-order valence-corrected chi connectivity index (χ0v) is 25.9. The molecule has 0 bridgehead atoms. The number of rotatable bonds is 8. The van der Waals surface area contributed by atoms with Crippen LogP contribution in [0.2, 0.25) is 18.6 Å². The number of ether oxygens (including phenoxy) is 2. The third kappa shape index (κ3) is 4.48. The zero-order chi connectivity index (χ0) is 29.6. The molecule has 4 atom stereocenters. The molecule has 3 heterocycles. The summed E-state index contributed by atoms with van der Waals surface area (Å²) in [6, 6.07) is 24.3. The summed E-state index contributed by atoms with van der Waals surface area (Å²) in [5.74, 6) is 0.840. The number of aliphatic hydroxyl groups excluding tert-OH is 1. The third-order valence-corrected chi connectivity index (χ3v) is 14.2. The number of amides is 2. The molecule has 3 aliphatic rings. The van der Waals surface area contributed by atoms with E-state index in [0.29, 0.717) is 19.4 Å². The van der Waals surface area contributed by atoms with Gasteiger partial charge in [-0.05, 0) is 54.3 Å². The summed E-state index contributed by atoms with van der Waals surface area (Å²) in [4.78, 5) is 30.6. The number of fused-ring (bicyclic) bond motifs is 2. The quantitative estimate of drug-likeness (QED) is 0.379. The van der Waals surface area contributed by atoms with E-state index < -0.39 is 13.7 Å². The fourth-order valence-corrected chi connectivity index (χ4v) is 11.8. The van der Waals surface area contributed by atoms with Gasteiger partial charge in [-0.15, -0.1) is 0 Å². The van der Waals surface area contributed by atoms with Gasteiger partial charge in [0, 0.05) is 36.7 Å². The Hall–Kier alpha value is -3.46. The minimum Gasteiger partial charge on any atom is -0.497 e. The molecule has 0 saturated carbocycles. The Morgan fingerprint density at radius 3 is 2.38 bits per heavy atom. The summed E-state index contributed by atoms with van der Waals surface area (Å²) in [5.41, 5.74) is 2.67. The van der Waals surface area contributed by atoms with Crippen molar-refractivity contribution in [3.8, 4) is 5.75 Å². The van der Waals surface area contributed by atoms with Gasteiger partial charge in [-0.3, -0.25) is 9.59 Å². The lowest BCUT2D eigenvalue weighted by Crippen LogP contribution is -2.51. The molecule has 3 aliphatic heterocycles. The monoisotopic (exact) mass is 584 g/mol. The van der Waals surface area contributed by atoms with Crippen molar-refractivity contribution >= 4 is 36.4 Å². The molecule has 2 fully saturated rings. The van der Waals surface area contributed by atoms with E-state index in [1.807, 2.05) is 70.5 Å². The highest BCUT2D eigenvalue weighted by Crippen LogP contribution is 2.60. The first kappa shape index (κ1) is 28.6. The Balaban J connectivity index is 1.34. The Labute approximate surface area is 249 Å². The normalized spacial score (nSPS) is 25.5. The van der Waals surface area contributed by atoms with Gasteiger partial charge in [0.2, 0.25) is 5.91 Å². The van der Waals surface area contributed by atoms with E-state index in [4.69, 9.17) is 9.47 Å². The molecule has 3 aromatic rings. The van der Waals surface area contributed by atoms with Crippen molar-refractivity contribution in [2.45, 2.75) is 63.1 Å². The van der Waals surface area contributed by atoms with E-state index in [0.717, 1.165) is 41.2 Å². The molecular weight excluding hydrogens is 544 g/mol. The van der Waals surface area contributed by atoms with Crippen molar-refractivity contribution in [1.29, 1.82) is 0 Å². The predicted molar refractivity (Wildman–Crippen MR) is 167 cm³/mol. The lowest BCUT2D eigenvalue weighted by Gasteiger charge is -2.37. The zero-order valence-electron chi connectivity index (χ0n) is 24.9. The average molecular weight is 585 g/mol. The molecule has 220 valence electrons. The maximum atomic E-state index is 14.6. The molecule has 2 amide bonds. The number of benzene rings is 3. The van der Waals surface area contributed by atoms with E-state index in [1.165, 1.54) is 5.19 Å². The van der Waals surface area contributed by atoms with Crippen LogP contribution >= 0.6 is 0 Å². The molecule has 0 aromatic heterocycles. The molecule has 3 aromatic carbocycles. The summed E-state index contributed by atoms with van der Waals surface area (Å²) < 4.78 is 12.4. The Morgan fingerprint density at radius 2 is 1.74 bits per heavy atom. The highest BCUT2D eigenvalue weighted by molar-refractivity contribution is 6.91. The van der Waals surface area contributed by atoms with Gasteiger partial charge in [-0.1, -0.05) is 67.7 Å². The number of anilines is 2. The highest BCUT2D eigenvalue weighted by atomic mass is 28.3. The van der Waals surface area contributed by atoms with Crippen LogP contribution in [0.1, 0.15) is 37.3 Å². The van der Waals surface area contributed by atoms with Gasteiger partial charge < -0.3 is 24.4 Å². The Kier molecular flexibility index (Phi) is 7.49. The smallest absolute Gasteiger partial charge is 0.264 e. The number of carbonyl (C=O) groups is 2. The van der Waals surface area contributed by atoms with Crippen LogP contribution in [0.4, 0.5) is 11.4 Å². The number of methoxy groups -OCH3 is 1. The van der Waals surface area contributed by atoms with Crippen molar-refractivity contribution < 1.29 is 24.2 Å². The first-order valence-electron chi connectivity index (χ1n) is 15.0. The van der Waals surface area contributed by atoms with Crippen LogP contribution in [-0.2, 0) is 26.5 Å². The third-order valence-electron chi connectivity index (χ3n) is 9.82. The van der Waals surface area contributed by atoms with Crippen molar-refractivity contribution in [2.24, 2.45) is 5.92 Å². The van der Waals surface area contributed by atoms with Crippen LogP contribution in [0.5, 0.6) is 5.75 Å². The molecule has 6 rings (SSSR count). The summed E-state index contributed by atoms with van der Waals surface area (Å²) >= 11 is 0. The first-order chi connectivity index (χ1) is 20.2. The van der Waals surface area contributed by atoms with Gasteiger partial charge in [0.15, 0.2) is 5.60 Å². The molecule has 7 nitrogen and oxygen atoms in total. The fourth-order valence-electron chi connectivity index (χ4n) is 7.71. The highest BCUT2D eigenvalue weighted by Gasteiger charge is 2.66. The number of aliphatic hydroxyl groups is 1. The molecule has 2 saturated heterocycles. The second-order valence-corrected chi connectivity index (χ2v) is 17.1. The molecule has 1 spiro atoms. The van der Waals surface area contributed by atoms with Crippen LogP contribution < -0.4 is 19.7 Å². The Morgan fingerprint density at radius 1 is 1.02 bits per heavy atom. The molecule has 0 radical (unpaired) electrons. The summed E-state index contributed by atoms with van der Waals surface area (Å²) in [5, 5.41) is 11.4. The standard InChI is InChI=1S/C34H40N2O5Si/c1-23-32(42(3,4)27-17-15-26(40-2)16-18-27)30(19-21-37)41-34(23)28-8-5-6-9-29(28)36(33(34)39)22-24-11-13-25(14-12-24)35-20-7-10-31(35)38/h5-6,8-9,11-18,23,30,32,37H,7,10,19-22H2,1-4H3/t23-,30+,32-,34+/m1/s1. The molecular formula is C34H40N2O5Si. The number of nitrogens with zero attached hydrogens (tertiary/aromatic N) is 2. The second kappa shape index (κ2) is 11.0. The number of carbonyl (C=O) groups excluding carboxylic acids is 2. The van der Waals surface area contributed by atoms with E-state index in [2.05, 4.69) is 32.2 Å². The predicted octanol–water partition coefficient (Wildman–Crippen LogP) is 4.97. The van der Waals surface area contributed by atoms with Gasteiger partial charge in [-0.2, -0.15) is 0 Å².